The number of nitrogens with zero attached hydrogens (tertiary/aromatic N) is 1. The maximum Gasteiger partial charge on any atom is 0.161 e. The molecule has 1 aliphatic rings. The average Bonchev–Trinajstić information content (AvgIpc) is 3.18. The Morgan fingerprint density at radius 3 is 2.37 bits per heavy atom. The lowest BCUT2D eigenvalue weighted by Gasteiger charge is -2.30. The van der Waals surface area contributed by atoms with Gasteiger partial charge in [0.05, 0.1) is 6.04 Å². The molecule has 0 radical (unpaired) electrons. The van der Waals surface area contributed by atoms with E-state index in [1.807, 2.05) is 11.8 Å². The normalized spacial score (nSPS) is 16.9. The van der Waals surface area contributed by atoms with Crippen molar-refractivity contribution in [2.75, 3.05) is 19.6 Å². The van der Waals surface area contributed by atoms with Crippen LogP contribution in [0.4, 0.5) is 13.2 Å². The van der Waals surface area contributed by atoms with Crippen molar-refractivity contribution in [3.8, 4) is 0 Å². The molecule has 0 aromatic heterocycles. The van der Waals surface area contributed by atoms with E-state index in [9.17, 15) is 13.2 Å². The molecule has 0 spiro atoms. The molecule has 1 aliphatic carbocycles. The zero-order chi connectivity index (χ0) is 14.0. The van der Waals surface area contributed by atoms with Crippen LogP contribution in [0.2, 0.25) is 0 Å². The summed E-state index contributed by atoms with van der Waals surface area (Å²) in [6.45, 7) is 3.68. The molecule has 19 heavy (non-hydrogen) atoms. The van der Waals surface area contributed by atoms with E-state index in [0.29, 0.717) is 18.5 Å². The fourth-order valence-corrected chi connectivity index (χ4v) is 2.37. The Labute approximate surface area is 111 Å². The molecule has 2 nitrogen and oxygen atoms in total. The van der Waals surface area contributed by atoms with E-state index in [-0.39, 0.29) is 12.1 Å². The highest BCUT2D eigenvalue weighted by atomic mass is 19.2. The third-order valence-corrected chi connectivity index (χ3v) is 3.66. The van der Waals surface area contributed by atoms with Crippen LogP contribution in [0.25, 0.3) is 0 Å². The van der Waals surface area contributed by atoms with Gasteiger partial charge >= 0.3 is 0 Å². The van der Waals surface area contributed by atoms with Gasteiger partial charge < -0.3 is 5.73 Å². The number of likely N-dealkylation sites (N-methyl/N-ethyl adjacent to an activating group) is 1. The molecule has 1 aromatic carbocycles. The fraction of sp³-hybridized carbons (Fsp3) is 0.571. The molecule has 1 aromatic rings. The van der Waals surface area contributed by atoms with Gasteiger partial charge in [0.1, 0.15) is 5.82 Å². The summed E-state index contributed by atoms with van der Waals surface area (Å²) in [7, 11) is 0. The topological polar surface area (TPSA) is 29.3 Å². The van der Waals surface area contributed by atoms with Gasteiger partial charge in [-0.25, -0.2) is 13.2 Å². The van der Waals surface area contributed by atoms with E-state index in [1.54, 1.807) is 0 Å². The van der Waals surface area contributed by atoms with Gasteiger partial charge in [0.2, 0.25) is 0 Å². The molecule has 2 N–H and O–H groups in total. The molecule has 1 saturated carbocycles. The van der Waals surface area contributed by atoms with Crippen LogP contribution < -0.4 is 5.73 Å². The van der Waals surface area contributed by atoms with Crippen LogP contribution >= 0.6 is 0 Å². The van der Waals surface area contributed by atoms with E-state index in [2.05, 4.69) is 0 Å². The minimum atomic E-state index is -1.16. The van der Waals surface area contributed by atoms with Crippen molar-refractivity contribution < 1.29 is 13.2 Å². The van der Waals surface area contributed by atoms with Gasteiger partial charge in [-0.1, -0.05) is 6.92 Å². The molecule has 0 saturated heterocycles. The number of rotatable bonds is 6. The smallest absolute Gasteiger partial charge is 0.161 e. The molecule has 1 atom stereocenters. The SMILES string of the molecule is CCN(CC1CC1)C(CN)c1cc(F)c(F)cc1F. The van der Waals surface area contributed by atoms with Gasteiger partial charge in [-0.05, 0) is 31.4 Å². The average molecular weight is 272 g/mol. The molecule has 0 heterocycles. The van der Waals surface area contributed by atoms with Crippen LogP contribution in [-0.2, 0) is 0 Å². The van der Waals surface area contributed by atoms with E-state index < -0.39 is 23.5 Å². The lowest BCUT2D eigenvalue weighted by Crippen LogP contribution is -2.35. The number of nitrogens with two attached hydrogens (primary N) is 1. The summed E-state index contributed by atoms with van der Waals surface area (Å²) >= 11 is 0. The Morgan fingerprint density at radius 2 is 1.84 bits per heavy atom. The standard InChI is InChI=1S/C14H19F3N2/c1-2-19(8-9-3-4-9)14(7-18)10-5-12(16)13(17)6-11(10)15/h5-6,9,14H,2-4,7-8,18H2,1H3. The van der Waals surface area contributed by atoms with Gasteiger partial charge in [0.15, 0.2) is 11.6 Å². The van der Waals surface area contributed by atoms with Gasteiger partial charge in [-0.15, -0.1) is 0 Å². The zero-order valence-electron chi connectivity index (χ0n) is 11.0. The van der Waals surface area contributed by atoms with Crippen LogP contribution in [-0.4, -0.2) is 24.5 Å². The van der Waals surface area contributed by atoms with Crippen molar-refractivity contribution >= 4 is 0 Å². The fourth-order valence-electron chi connectivity index (χ4n) is 2.37. The largest absolute Gasteiger partial charge is 0.329 e. The monoisotopic (exact) mass is 272 g/mol. The first-order chi connectivity index (χ1) is 9.06. The maximum absolute atomic E-state index is 13.8. The summed E-state index contributed by atoms with van der Waals surface area (Å²) in [4.78, 5) is 2.04. The molecule has 5 heteroatoms. The molecule has 2 rings (SSSR count). The second kappa shape index (κ2) is 5.92. The maximum atomic E-state index is 13.8. The highest BCUT2D eigenvalue weighted by Crippen LogP contribution is 2.33. The Morgan fingerprint density at radius 1 is 1.21 bits per heavy atom. The van der Waals surface area contributed by atoms with Crippen molar-refractivity contribution in [2.45, 2.75) is 25.8 Å². The Balaban J connectivity index is 2.26. The molecule has 0 bridgehead atoms. The van der Waals surface area contributed by atoms with Crippen molar-refractivity contribution in [1.29, 1.82) is 0 Å². The summed E-state index contributed by atoms with van der Waals surface area (Å²) in [5.41, 5.74) is 5.85. The summed E-state index contributed by atoms with van der Waals surface area (Å²) in [6.07, 6.45) is 2.35. The Kier molecular flexibility index (Phi) is 4.47. The van der Waals surface area contributed by atoms with E-state index in [1.165, 1.54) is 12.8 Å². The minimum Gasteiger partial charge on any atom is -0.329 e. The molecular weight excluding hydrogens is 253 g/mol. The quantitative estimate of drug-likeness (QED) is 0.807. The van der Waals surface area contributed by atoms with Crippen LogP contribution in [0.3, 0.4) is 0 Å². The summed E-state index contributed by atoms with van der Waals surface area (Å²) in [5, 5.41) is 0. The minimum absolute atomic E-state index is 0.143. The van der Waals surface area contributed by atoms with Gasteiger partial charge in [-0.3, -0.25) is 4.90 Å². The first-order valence-corrected chi connectivity index (χ1v) is 6.65. The lowest BCUT2D eigenvalue weighted by atomic mass is 10.0. The molecular formula is C14H19F3N2. The molecule has 0 aliphatic heterocycles. The van der Waals surface area contributed by atoms with E-state index in [0.717, 1.165) is 12.6 Å². The Bertz CT molecular complexity index is 447. The zero-order valence-corrected chi connectivity index (χ0v) is 11.0. The molecule has 1 unspecified atom stereocenters. The highest BCUT2D eigenvalue weighted by molar-refractivity contribution is 5.24. The first kappa shape index (κ1) is 14.3. The second-order valence-electron chi connectivity index (χ2n) is 5.07. The van der Waals surface area contributed by atoms with Crippen LogP contribution in [0.1, 0.15) is 31.4 Å². The van der Waals surface area contributed by atoms with E-state index in [4.69, 9.17) is 5.73 Å². The van der Waals surface area contributed by atoms with Crippen LogP contribution in [0.15, 0.2) is 12.1 Å². The highest BCUT2D eigenvalue weighted by Gasteiger charge is 2.29. The van der Waals surface area contributed by atoms with Crippen molar-refractivity contribution in [1.82, 2.24) is 4.90 Å². The first-order valence-electron chi connectivity index (χ1n) is 6.65. The van der Waals surface area contributed by atoms with Crippen molar-refractivity contribution in [3.63, 3.8) is 0 Å². The molecule has 106 valence electrons. The summed E-state index contributed by atoms with van der Waals surface area (Å²) < 4.78 is 40.1. The number of hydrogen-bond donors (Lipinski definition) is 1. The van der Waals surface area contributed by atoms with Gasteiger partial charge in [-0.2, -0.15) is 0 Å². The lowest BCUT2D eigenvalue weighted by molar-refractivity contribution is 0.199. The summed E-state index contributed by atoms with van der Waals surface area (Å²) in [6, 6.07) is 1.12. The Hall–Kier alpha value is -1.07. The van der Waals surface area contributed by atoms with Crippen LogP contribution in [0, 0.1) is 23.4 Å². The summed E-state index contributed by atoms with van der Waals surface area (Å²) in [5.74, 6) is -2.30. The number of hydrogen-bond acceptors (Lipinski definition) is 2. The molecule has 0 amide bonds. The molecule has 1 fully saturated rings. The van der Waals surface area contributed by atoms with Crippen LogP contribution in [0.5, 0.6) is 0 Å². The number of benzene rings is 1. The van der Waals surface area contributed by atoms with Crippen molar-refractivity contribution in [3.05, 3.63) is 35.1 Å². The second-order valence-corrected chi connectivity index (χ2v) is 5.07. The predicted molar refractivity (Wildman–Crippen MR) is 68.1 cm³/mol. The van der Waals surface area contributed by atoms with Gasteiger partial charge in [0, 0.05) is 24.7 Å². The van der Waals surface area contributed by atoms with E-state index >= 15 is 0 Å². The van der Waals surface area contributed by atoms with Gasteiger partial charge in [0.25, 0.3) is 0 Å². The van der Waals surface area contributed by atoms with Crippen molar-refractivity contribution in [2.24, 2.45) is 11.7 Å². The third-order valence-electron chi connectivity index (χ3n) is 3.66. The predicted octanol–water partition coefficient (Wildman–Crippen LogP) is 2.84. The number of halogens is 3. The third kappa shape index (κ3) is 3.28.